The number of aryl methyl sites for hydroxylation is 1. The minimum absolute atomic E-state index is 0.0488. The highest BCUT2D eigenvalue weighted by Crippen LogP contribution is 2.22. The highest BCUT2D eigenvalue weighted by atomic mass is 32.2. The van der Waals surface area contributed by atoms with Crippen LogP contribution in [0, 0.1) is 19.7 Å². The number of rotatable bonds is 4. The highest BCUT2D eigenvalue weighted by Gasteiger charge is 2.20. The van der Waals surface area contributed by atoms with Crippen molar-refractivity contribution in [1.82, 2.24) is 9.71 Å². The summed E-state index contributed by atoms with van der Waals surface area (Å²) in [5, 5.41) is 0. The quantitative estimate of drug-likeness (QED) is 0.845. The van der Waals surface area contributed by atoms with E-state index in [0.29, 0.717) is 0 Å². The summed E-state index contributed by atoms with van der Waals surface area (Å²) in [5.74, 6) is -0.639. The van der Waals surface area contributed by atoms with Crippen molar-refractivity contribution in [3.05, 3.63) is 39.6 Å². The summed E-state index contributed by atoms with van der Waals surface area (Å²) in [7, 11) is -3.82. The number of nitrogens with two attached hydrogens (primary N) is 1. The number of nitrogens with zero attached hydrogens (tertiary/aromatic N) is 1. The van der Waals surface area contributed by atoms with Gasteiger partial charge in [0.25, 0.3) is 0 Å². The smallest absolute Gasteiger partial charge is 0.241 e. The Hall–Kier alpha value is -1.51. The zero-order valence-corrected chi connectivity index (χ0v) is 12.6. The Morgan fingerprint density at radius 1 is 1.40 bits per heavy atom. The van der Waals surface area contributed by atoms with Gasteiger partial charge in [0.1, 0.15) is 5.82 Å². The Labute approximate surface area is 120 Å². The van der Waals surface area contributed by atoms with Crippen LogP contribution >= 0.6 is 11.3 Å². The van der Waals surface area contributed by atoms with Crippen molar-refractivity contribution in [3.8, 4) is 0 Å². The van der Waals surface area contributed by atoms with Crippen molar-refractivity contribution in [2.24, 2.45) is 0 Å². The molecule has 1 aromatic carbocycles. The third-order valence-corrected chi connectivity index (χ3v) is 5.34. The lowest BCUT2D eigenvalue weighted by molar-refractivity contribution is 0.575. The minimum Gasteiger partial charge on any atom is -0.399 e. The molecule has 8 heteroatoms. The second-order valence-corrected chi connectivity index (χ2v) is 6.99. The number of halogens is 1. The van der Waals surface area contributed by atoms with Crippen molar-refractivity contribution in [3.63, 3.8) is 0 Å². The summed E-state index contributed by atoms with van der Waals surface area (Å²) in [4.78, 5) is 4.71. The van der Waals surface area contributed by atoms with Gasteiger partial charge < -0.3 is 5.73 Å². The van der Waals surface area contributed by atoms with E-state index in [1.54, 1.807) is 12.4 Å². The second kappa shape index (κ2) is 5.47. The number of benzene rings is 1. The lowest BCUT2D eigenvalue weighted by Crippen LogP contribution is -2.24. The van der Waals surface area contributed by atoms with Crippen LogP contribution < -0.4 is 10.5 Å². The molecule has 2 rings (SSSR count). The van der Waals surface area contributed by atoms with E-state index in [2.05, 4.69) is 9.71 Å². The number of hydrogen-bond donors (Lipinski definition) is 2. The SMILES string of the molecule is Cc1ncsc1CNS(=O)(=O)c1cc(N)cc(F)c1C. The van der Waals surface area contributed by atoms with Gasteiger partial charge in [0.05, 0.1) is 16.1 Å². The molecule has 1 heterocycles. The highest BCUT2D eigenvalue weighted by molar-refractivity contribution is 7.89. The molecule has 108 valence electrons. The van der Waals surface area contributed by atoms with E-state index in [-0.39, 0.29) is 22.7 Å². The third kappa shape index (κ3) is 2.97. The molecule has 0 spiro atoms. The first kappa shape index (κ1) is 14.9. The zero-order chi connectivity index (χ0) is 14.9. The number of anilines is 1. The Bertz CT molecular complexity index is 741. The Kier molecular flexibility index (Phi) is 4.07. The summed E-state index contributed by atoms with van der Waals surface area (Å²) in [6.07, 6.45) is 0. The van der Waals surface area contributed by atoms with Gasteiger partial charge in [0.15, 0.2) is 0 Å². The second-order valence-electron chi connectivity index (χ2n) is 4.31. The van der Waals surface area contributed by atoms with E-state index < -0.39 is 15.8 Å². The van der Waals surface area contributed by atoms with E-state index in [4.69, 9.17) is 5.73 Å². The average Bonchev–Trinajstić information content (AvgIpc) is 2.77. The molecule has 0 unspecified atom stereocenters. The van der Waals surface area contributed by atoms with Crippen molar-refractivity contribution in [2.45, 2.75) is 25.3 Å². The maximum Gasteiger partial charge on any atom is 0.241 e. The fourth-order valence-corrected chi connectivity index (χ4v) is 3.78. The van der Waals surface area contributed by atoms with Crippen LogP contribution in [0.3, 0.4) is 0 Å². The van der Waals surface area contributed by atoms with Crippen LogP contribution in [-0.2, 0) is 16.6 Å². The first-order valence-electron chi connectivity index (χ1n) is 5.75. The lowest BCUT2D eigenvalue weighted by Gasteiger charge is -2.10. The number of nitrogen functional groups attached to an aromatic ring is 1. The van der Waals surface area contributed by atoms with E-state index in [1.807, 2.05) is 0 Å². The fourth-order valence-electron chi connectivity index (χ4n) is 1.69. The van der Waals surface area contributed by atoms with Crippen LogP contribution in [0.2, 0.25) is 0 Å². The van der Waals surface area contributed by atoms with Gasteiger partial charge in [-0.1, -0.05) is 0 Å². The summed E-state index contributed by atoms with van der Waals surface area (Å²) < 4.78 is 40.4. The van der Waals surface area contributed by atoms with Gasteiger partial charge in [-0.15, -0.1) is 11.3 Å². The van der Waals surface area contributed by atoms with E-state index in [0.717, 1.165) is 16.6 Å². The van der Waals surface area contributed by atoms with Crippen LogP contribution in [-0.4, -0.2) is 13.4 Å². The molecular formula is C12H14FN3O2S2. The predicted molar refractivity (Wildman–Crippen MR) is 76.4 cm³/mol. The third-order valence-electron chi connectivity index (χ3n) is 2.88. The molecule has 5 nitrogen and oxygen atoms in total. The molecule has 0 aliphatic rings. The number of aromatic nitrogens is 1. The molecule has 0 radical (unpaired) electrons. The Balaban J connectivity index is 2.29. The van der Waals surface area contributed by atoms with Crippen LogP contribution in [0.15, 0.2) is 22.5 Å². The fraction of sp³-hybridized carbons (Fsp3) is 0.250. The summed E-state index contributed by atoms with van der Waals surface area (Å²) >= 11 is 1.36. The minimum atomic E-state index is -3.82. The molecule has 20 heavy (non-hydrogen) atoms. The van der Waals surface area contributed by atoms with E-state index >= 15 is 0 Å². The first-order chi connectivity index (χ1) is 9.31. The van der Waals surface area contributed by atoms with Gasteiger partial charge in [-0.2, -0.15) is 0 Å². The summed E-state index contributed by atoms with van der Waals surface area (Å²) in [5.41, 5.74) is 8.03. The number of nitrogens with one attached hydrogen (secondary N) is 1. The van der Waals surface area contributed by atoms with Crippen molar-refractivity contribution in [1.29, 1.82) is 0 Å². The maximum atomic E-state index is 13.6. The standard InChI is InChI=1S/C12H14FN3O2S2/c1-7-10(13)3-9(14)4-12(7)20(17,18)16-5-11-8(2)15-6-19-11/h3-4,6,16H,5,14H2,1-2H3. The van der Waals surface area contributed by atoms with Crippen LogP contribution in [0.5, 0.6) is 0 Å². The van der Waals surface area contributed by atoms with E-state index in [1.165, 1.54) is 24.3 Å². The van der Waals surface area contributed by atoms with Crippen molar-refractivity contribution < 1.29 is 12.8 Å². The predicted octanol–water partition coefficient (Wildman–Crippen LogP) is 1.96. The van der Waals surface area contributed by atoms with Gasteiger partial charge in [-0.05, 0) is 26.0 Å². The Morgan fingerprint density at radius 2 is 2.10 bits per heavy atom. The molecule has 2 aromatic rings. The van der Waals surface area contributed by atoms with Crippen molar-refractivity contribution in [2.75, 3.05) is 5.73 Å². The number of hydrogen-bond acceptors (Lipinski definition) is 5. The molecule has 0 atom stereocenters. The van der Waals surface area contributed by atoms with E-state index in [9.17, 15) is 12.8 Å². The molecule has 0 fully saturated rings. The molecule has 0 aliphatic carbocycles. The molecule has 0 saturated heterocycles. The topological polar surface area (TPSA) is 85.1 Å². The maximum absolute atomic E-state index is 13.6. The monoisotopic (exact) mass is 315 g/mol. The van der Waals surface area contributed by atoms with Gasteiger partial charge in [0, 0.05) is 22.7 Å². The molecule has 0 aliphatic heterocycles. The molecule has 0 saturated carbocycles. The molecule has 1 aromatic heterocycles. The molecule has 3 N–H and O–H groups in total. The molecular weight excluding hydrogens is 301 g/mol. The van der Waals surface area contributed by atoms with Crippen LogP contribution in [0.4, 0.5) is 10.1 Å². The van der Waals surface area contributed by atoms with Gasteiger partial charge in [-0.25, -0.2) is 22.5 Å². The lowest BCUT2D eigenvalue weighted by atomic mass is 10.2. The van der Waals surface area contributed by atoms with Gasteiger partial charge >= 0.3 is 0 Å². The largest absolute Gasteiger partial charge is 0.399 e. The van der Waals surface area contributed by atoms with Crippen LogP contribution in [0.25, 0.3) is 0 Å². The first-order valence-corrected chi connectivity index (χ1v) is 8.12. The van der Waals surface area contributed by atoms with Crippen LogP contribution in [0.1, 0.15) is 16.1 Å². The molecule has 0 amide bonds. The number of thiazole rings is 1. The normalized spacial score (nSPS) is 11.8. The summed E-state index contributed by atoms with van der Waals surface area (Å²) in [6, 6.07) is 2.35. The Morgan fingerprint density at radius 3 is 2.70 bits per heavy atom. The molecule has 0 bridgehead atoms. The summed E-state index contributed by atoms with van der Waals surface area (Å²) in [6.45, 7) is 3.32. The van der Waals surface area contributed by atoms with Gasteiger partial charge in [0.2, 0.25) is 10.0 Å². The zero-order valence-electron chi connectivity index (χ0n) is 11.0. The number of sulfonamides is 1. The average molecular weight is 315 g/mol. The van der Waals surface area contributed by atoms with Gasteiger partial charge in [-0.3, -0.25) is 0 Å². The van der Waals surface area contributed by atoms with Crippen molar-refractivity contribution >= 4 is 27.0 Å².